The summed E-state index contributed by atoms with van der Waals surface area (Å²) in [6, 6.07) is 0.391. The third-order valence-electron chi connectivity index (χ3n) is 2.46. The largest absolute Gasteiger partial charge is 0.467 e. The molecule has 1 atom stereocenters. The molecule has 1 aliphatic heterocycles. The van der Waals surface area contributed by atoms with Gasteiger partial charge in [-0.25, -0.2) is 0 Å². The molecule has 7 nitrogen and oxygen atoms in total. The number of alkyl halides is 1. The van der Waals surface area contributed by atoms with Crippen LogP contribution in [0.25, 0.3) is 0 Å². The maximum atomic E-state index is 6.33. The summed E-state index contributed by atoms with van der Waals surface area (Å²) in [4.78, 5) is 12.2. The normalized spacial score (nSPS) is 23.7. The van der Waals surface area contributed by atoms with Gasteiger partial charge in [-0.2, -0.15) is 9.97 Å². The Morgan fingerprint density at radius 2 is 1.94 bits per heavy atom. The highest BCUT2D eigenvalue weighted by molar-refractivity contribution is 6.23. The van der Waals surface area contributed by atoms with Gasteiger partial charge in [-0.05, 0) is 0 Å². The molecule has 1 saturated heterocycles. The van der Waals surface area contributed by atoms with Gasteiger partial charge in [-0.3, -0.25) is 0 Å². The predicted octanol–water partition coefficient (Wildman–Crippen LogP) is -0.0138. The van der Waals surface area contributed by atoms with Crippen LogP contribution in [0.5, 0.6) is 12.0 Å². The minimum absolute atomic E-state index is 0.195. The van der Waals surface area contributed by atoms with Crippen LogP contribution in [0.4, 0.5) is 0 Å². The first-order valence-electron chi connectivity index (χ1n) is 5.52. The molecular weight excluding hydrogens is 260 g/mol. The molecule has 1 aromatic rings. The Labute approximate surface area is 110 Å². The lowest BCUT2D eigenvalue weighted by atomic mass is 10.2. The van der Waals surface area contributed by atoms with E-state index in [4.69, 9.17) is 25.8 Å². The second-order valence-corrected chi connectivity index (χ2v) is 4.50. The number of hydrogen-bond donors (Lipinski definition) is 1. The molecule has 1 fully saturated rings. The highest BCUT2D eigenvalue weighted by Gasteiger charge is 2.32. The quantitative estimate of drug-likeness (QED) is 0.774. The van der Waals surface area contributed by atoms with Crippen molar-refractivity contribution in [1.82, 2.24) is 20.3 Å². The smallest absolute Gasteiger partial charge is 0.322 e. The molecule has 0 spiro atoms. The molecule has 0 aliphatic carbocycles. The third-order valence-corrected chi connectivity index (χ3v) is 2.83. The lowest BCUT2D eigenvalue weighted by Crippen LogP contribution is -2.47. The Morgan fingerprint density at radius 1 is 1.28 bits per heavy atom. The first-order chi connectivity index (χ1) is 8.65. The van der Waals surface area contributed by atoms with Gasteiger partial charge in [0.15, 0.2) is 5.06 Å². The Hall–Kier alpha value is -1.18. The van der Waals surface area contributed by atoms with Crippen LogP contribution in [0.15, 0.2) is 0 Å². The maximum absolute atomic E-state index is 6.33. The Morgan fingerprint density at radius 3 is 2.44 bits per heavy atom. The maximum Gasteiger partial charge on any atom is 0.322 e. The van der Waals surface area contributed by atoms with Crippen molar-refractivity contribution in [3.63, 3.8) is 0 Å². The summed E-state index contributed by atoms with van der Waals surface area (Å²) >= 11 is 6.33. The number of morpholine rings is 1. The van der Waals surface area contributed by atoms with E-state index in [2.05, 4.69) is 20.3 Å². The summed E-state index contributed by atoms with van der Waals surface area (Å²) in [5.74, 6) is 0.470. The molecule has 18 heavy (non-hydrogen) atoms. The molecule has 1 unspecified atom stereocenters. The van der Waals surface area contributed by atoms with E-state index in [1.807, 2.05) is 0 Å². The van der Waals surface area contributed by atoms with E-state index in [-0.39, 0.29) is 12.0 Å². The highest BCUT2D eigenvalue weighted by atomic mass is 35.5. The van der Waals surface area contributed by atoms with Crippen molar-refractivity contribution in [1.29, 1.82) is 0 Å². The fourth-order valence-electron chi connectivity index (χ4n) is 1.62. The van der Waals surface area contributed by atoms with E-state index in [1.54, 1.807) is 0 Å². The summed E-state index contributed by atoms with van der Waals surface area (Å²) in [7, 11) is 2.96. The third kappa shape index (κ3) is 3.18. The number of methoxy groups -OCH3 is 2. The molecule has 8 heteroatoms. The van der Waals surface area contributed by atoms with Gasteiger partial charge in [0.2, 0.25) is 0 Å². The lowest BCUT2D eigenvalue weighted by molar-refractivity contribution is -0.00500. The van der Waals surface area contributed by atoms with Crippen LogP contribution >= 0.6 is 11.6 Å². The Bertz CT molecular complexity index is 390. The number of hydrogen-bond acceptors (Lipinski definition) is 7. The molecule has 1 aliphatic rings. The van der Waals surface area contributed by atoms with Crippen molar-refractivity contribution in [3.05, 3.63) is 5.82 Å². The molecule has 0 radical (unpaired) electrons. The van der Waals surface area contributed by atoms with Crippen LogP contribution in [0.2, 0.25) is 0 Å². The highest BCUT2D eigenvalue weighted by Crippen LogP contribution is 2.23. The van der Waals surface area contributed by atoms with Gasteiger partial charge in [0.25, 0.3) is 0 Å². The van der Waals surface area contributed by atoms with Crippen molar-refractivity contribution < 1.29 is 14.2 Å². The van der Waals surface area contributed by atoms with Crippen molar-refractivity contribution in [3.8, 4) is 12.0 Å². The van der Waals surface area contributed by atoms with E-state index in [1.165, 1.54) is 14.2 Å². The number of aromatic nitrogens is 3. The number of rotatable bonds is 4. The van der Waals surface area contributed by atoms with Gasteiger partial charge in [0.1, 0.15) is 5.82 Å². The van der Waals surface area contributed by atoms with E-state index in [0.29, 0.717) is 25.4 Å². The zero-order valence-electron chi connectivity index (χ0n) is 10.3. The number of nitrogens with one attached hydrogen (secondary N) is 1. The molecule has 1 N–H and O–H groups in total. The van der Waals surface area contributed by atoms with Gasteiger partial charge in [0, 0.05) is 13.1 Å². The molecule has 0 aromatic carbocycles. The Kier molecular flexibility index (Phi) is 4.15. The molecule has 0 saturated carbocycles. The molecule has 2 heterocycles. The van der Waals surface area contributed by atoms with Gasteiger partial charge < -0.3 is 19.5 Å². The van der Waals surface area contributed by atoms with E-state index < -0.39 is 5.06 Å². The SMILES string of the molecule is COc1nc(CC2(Cl)CNCCO2)nc(OC)n1. The first kappa shape index (κ1) is 13.3. The van der Waals surface area contributed by atoms with E-state index in [9.17, 15) is 0 Å². The molecule has 2 rings (SSSR count). The van der Waals surface area contributed by atoms with Crippen molar-refractivity contribution >= 4 is 11.6 Å². The molecule has 0 amide bonds. The fourth-order valence-corrected chi connectivity index (χ4v) is 1.91. The number of ether oxygens (including phenoxy) is 3. The van der Waals surface area contributed by atoms with Gasteiger partial charge >= 0.3 is 12.0 Å². The van der Waals surface area contributed by atoms with Crippen LogP contribution in [-0.4, -0.2) is 53.9 Å². The summed E-state index contributed by atoms with van der Waals surface area (Å²) in [5, 5.41) is 2.32. The van der Waals surface area contributed by atoms with Crippen LogP contribution in [-0.2, 0) is 11.2 Å². The van der Waals surface area contributed by atoms with Crippen molar-refractivity contribution in [2.75, 3.05) is 33.9 Å². The topological polar surface area (TPSA) is 78.4 Å². The standard InChI is InChI=1S/C10H15ClN4O3/c1-16-8-13-7(14-9(15-8)17-2)5-10(11)6-12-3-4-18-10/h12H,3-6H2,1-2H3. The zero-order valence-corrected chi connectivity index (χ0v) is 11.0. The van der Waals surface area contributed by atoms with E-state index >= 15 is 0 Å². The van der Waals surface area contributed by atoms with Gasteiger partial charge in [-0.1, -0.05) is 11.6 Å². The van der Waals surface area contributed by atoms with Crippen LogP contribution in [0, 0.1) is 0 Å². The average Bonchev–Trinajstić information content (AvgIpc) is 2.38. The van der Waals surface area contributed by atoms with Gasteiger partial charge in [-0.15, -0.1) is 4.98 Å². The second-order valence-electron chi connectivity index (χ2n) is 3.81. The molecule has 100 valence electrons. The summed E-state index contributed by atoms with van der Waals surface area (Å²) in [6.07, 6.45) is 0.344. The molecule has 1 aromatic heterocycles. The minimum atomic E-state index is -0.838. The number of halogens is 1. The van der Waals surface area contributed by atoms with E-state index in [0.717, 1.165) is 6.54 Å². The average molecular weight is 275 g/mol. The fraction of sp³-hybridized carbons (Fsp3) is 0.700. The minimum Gasteiger partial charge on any atom is -0.467 e. The predicted molar refractivity (Wildman–Crippen MR) is 64.0 cm³/mol. The van der Waals surface area contributed by atoms with Gasteiger partial charge in [0.05, 0.1) is 27.2 Å². The monoisotopic (exact) mass is 274 g/mol. The number of nitrogens with zero attached hydrogens (tertiary/aromatic N) is 3. The first-order valence-corrected chi connectivity index (χ1v) is 5.89. The zero-order chi connectivity index (χ0) is 13.0. The molecular formula is C10H15ClN4O3. The van der Waals surface area contributed by atoms with Crippen molar-refractivity contribution in [2.45, 2.75) is 11.5 Å². The second kappa shape index (κ2) is 5.64. The Balaban J connectivity index is 2.16. The summed E-state index contributed by atoms with van der Waals surface area (Å²) in [5.41, 5.74) is 0. The van der Waals surface area contributed by atoms with Crippen LogP contribution in [0.1, 0.15) is 5.82 Å². The summed E-state index contributed by atoms with van der Waals surface area (Å²) in [6.45, 7) is 1.88. The lowest BCUT2D eigenvalue weighted by Gasteiger charge is -2.31. The molecule has 0 bridgehead atoms. The summed E-state index contributed by atoms with van der Waals surface area (Å²) < 4.78 is 15.5. The van der Waals surface area contributed by atoms with Crippen LogP contribution in [0.3, 0.4) is 0 Å². The van der Waals surface area contributed by atoms with Crippen molar-refractivity contribution in [2.24, 2.45) is 0 Å². The van der Waals surface area contributed by atoms with Crippen LogP contribution < -0.4 is 14.8 Å².